The standard InChI is InChI=1S/C19H25N3O2/c23-18(20-15-5-2-1-3-6-15)16-7-4-12-22(16)19(24)21-17(13-8-9-13)14-10-11-14/h1-3,5-6,13-14,16-17H,4,7-12H2,(H,20,23)(H,21,24)/t16-/m0/s1. The van der Waals surface area contributed by atoms with Crippen LogP contribution >= 0.6 is 0 Å². The number of urea groups is 1. The van der Waals surface area contributed by atoms with Gasteiger partial charge in [-0.1, -0.05) is 18.2 Å². The zero-order valence-corrected chi connectivity index (χ0v) is 13.9. The van der Waals surface area contributed by atoms with Crippen LogP contribution in [0.5, 0.6) is 0 Å². The lowest BCUT2D eigenvalue weighted by Gasteiger charge is -2.27. The van der Waals surface area contributed by atoms with E-state index in [0.29, 0.717) is 24.4 Å². The van der Waals surface area contributed by atoms with Crippen molar-refractivity contribution in [2.75, 3.05) is 11.9 Å². The molecular weight excluding hydrogens is 302 g/mol. The summed E-state index contributed by atoms with van der Waals surface area (Å²) >= 11 is 0. The number of rotatable bonds is 5. The van der Waals surface area contributed by atoms with E-state index in [1.807, 2.05) is 30.3 Å². The fourth-order valence-corrected chi connectivity index (χ4v) is 3.79. The largest absolute Gasteiger partial charge is 0.335 e. The molecule has 0 unspecified atom stereocenters. The molecule has 2 saturated carbocycles. The number of carbonyl (C=O) groups is 2. The Bertz CT molecular complexity index is 598. The van der Waals surface area contributed by atoms with E-state index in [0.717, 1.165) is 18.5 Å². The van der Waals surface area contributed by atoms with Crippen molar-refractivity contribution in [3.63, 3.8) is 0 Å². The van der Waals surface area contributed by atoms with Gasteiger partial charge in [-0.15, -0.1) is 0 Å². The molecule has 1 aromatic rings. The van der Waals surface area contributed by atoms with Crippen LogP contribution in [0.15, 0.2) is 30.3 Å². The van der Waals surface area contributed by atoms with E-state index in [1.165, 1.54) is 25.7 Å². The van der Waals surface area contributed by atoms with Crippen LogP contribution < -0.4 is 10.6 Å². The average molecular weight is 327 g/mol. The Balaban J connectivity index is 1.38. The Hall–Kier alpha value is -2.04. The smallest absolute Gasteiger partial charge is 0.318 e. The molecule has 0 bridgehead atoms. The van der Waals surface area contributed by atoms with Crippen LogP contribution in [-0.4, -0.2) is 35.5 Å². The van der Waals surface area contributed by atoms with Crippen LogP contribution in [0.25, 0.3) is 0 Å². The lowest BCUT2D eigenvalue weighted by molar-refractivity contribution is -0.119. The molecule has 1 aromatic carbocycles. The van der Waals surface area contributed by atoms with Gasteiger partial charge in [0.25, 0.3) is 0 Å². The van der Waals surface area contributed by atoms with Gasteiger partial charge in [0.1, 0.15) is 6.04 Å². The van der Waals surface area contributed by atoms with Crippen molar-refractivity contribution in [3.8, 4) is 0 Å². The van der Waals surface area contributed by atoms with Gasteiger partial charge >= 0.3 is 6.03 Å². The first-order chi connectivity index (χ1) is 11.7. The molecular formula is C19H25N3O2. The zero-order valence-electron chi connectivity index (χ0n) is 13.9. The molecule has 2 N–H and O–H groups in total. The summed E-state index contributed by atoms with van der Waals surface area (Å²) in [6.45, 7) is 0.667. The maximum atomic E-state index is 12.7. The summed E-state index contributed by atoms with van der Waals surface area (Å²) in [5.41, 5.74) is 0.781. The number of carbonyl (C=O) groups excluding carboxylic acids is 2. The summed E-state index contributed by atoms with van der Waals surface area (Å²) in [5, 5.41) is 6.17. The predicted molar refractivity (Wildman–Crippen MR) is 92.6 cm³/mol. The summed E-state index contributed by atoms with van der Waals surface area (Å²) in [4.78, 5) is 27.0. The Morgan fingerprint density at radius 1 is 1.00 bits per heavy atom. The van der Waals surface area contributed by atoms with E-state index in [2.05, 4.69) is 10.6 Å². The topological polar surface area (TPSA) is 61.4 Å². The highest BCUT2D eigenvalue weighted by atomic mass is 16.2. The Morgan fingerprint density at radius 3 is 2.29 bits per heavy atom. The minimum Gasteiger partial charge on any atom is -0.335 e. The molecule has 1 heterocycles. The van der Waals surface area contributed by atoms with Gasteiger partial charge in [-0.05, 0) is 62.5 Å². The van der Waals surface area contributed by atoms with Crippen LogP contribution in [0.2, 0.25) is 0 Å². The maximum Gasteiger partial charge on any atom is 0.318 e. The van der Waals surface area contributed by atoms with Crippen LogP contribution in [0, 0.1) is 11.8 Å². The van der Waals surface area contributed by atoms with E-state index in [9.17, 15) is 9.59 Å². The van der Waals surface area contributed by atoms with Gasteiger partial charge in [-0.25, -0.2) is 4.79 Å². The molecule has 0 radical (unpaired) electrons. The zero-order chi connectivity index (χ0) is 16.5. The molecule has 3 fully saturated rings. The lowest BCUT2D eigenvalue weighted by atomic mass is 10.1. The van der Waals surface area contributed by atoms with Gasteiger partial charge in [0.15, 0.2) is 0 Å². The fourth-order valence-electron chi connectivity index (χ4n) is 3.79. The summed E-state index contributed by atoms with van der Waals surface area (Å²) < 4.78 is 0. The number of amides is 3. The fraction of sp³-hybridized carbons (Fsp3) is 0.579. The van der Waals surface area contributed by atoms with Gasteiger partial charge < -0.3 is 15.5 Å². The van der Waals surface area contributed by atoms with Crippen LogP contribution in [0.4, 0.5) is 10.5 Å². The van der Waals surface area contributed by atoms with Crippen LogP contribution in [-0.2, 0) is 4.79 Å². The first kappa shape index (κ1) is 15.5. The normalized spacial score (nSPS) is 23.4. The summed E-state index contributed by atoms with van der Waals surface area (Å²) in [6.07, 6.45) is 6.57. The second-order valence-electron chi connectivity index (χ2n) is 7.36. The van der Waals surface area contributed by atoms with E-state index in [1.54, 1.807) is 4.90 Å². The van der Waals surface area contributed by atoms with Crippen molar-refractivity contribution in [2.24, 2.45) is 11.8 Å². The van der Waals surface area contributed by atoms with Gasteiger partial charge in [-0.2, -0.15) is 0 Å². The minimum absolute atomic E-state index is 0.0514. The predicted octanol–water partition coefficient (Wildman–Crippen LogP) is 2.99. The average Bonchev–Trinajstić information content (AvgIpc) is 3.52. The Labute approximate surface area is 142 Å². The van der Waals surface area contributed by atoms with Gasteiger partial charge in [-0.3, -0.25) is 4.79 Å². The molecule has 128 valence electrons. The van der Waals surface area contributed by atoms with Crippen LogP contribution in [0.1, 0.15) is 38.5 Å². The van der Waals surface area contributed by atoms with E-state index >= 15 is 0 Å². The Morgan fingerprint density at radius 2 is 1.67 bits per heavy atom. The molecule has 0 aromatic heterocycles. The Kier molecular flexibility index (Phi) is 4.17. The monoisotopic (exact) mass is 327 g/mol. The second kappa shape index (κ2) is 6.46. The third-order valence-electron chi connectivity index (χ3n) is 5.41. The molecule has 1 saturated heterocycles. The molecule has 24 heavy (non-hydrogen) atoms. The third-order valence-corrected chi connectivity index (χ3v) is 5.41. The summed E-state index contributed by atoms with van der Waals surface area (Å²) in [7, 11) is 0. The quantitative estimate of drug-likeness (QED) is 0.873. The van der Waals surface area contributed by atoms with Crippen molar-refractivity contribution >= 4 is 17.6 Å². The first-order valence-electron chi connectivity index (χ1n) is 9.15. The van der Waals surface area contributed by atoms with Crippen LogP contribution in [0.3, 0.4) is 0 Å². The maximum absolute atomic E-state index is 12.7. The molecule has 5 heteroatoms. The highest BCUT2D eigenvalue weighted by Crippen LogP contribution is 2.44. The second-order valence-corrected chi connectivity index (χ2v) is 7.36. The first-order valence-corrected chi connectivity index (χ1v) is 9.15. The third kappa shape index (κ3) is 3.40. The van der Waals surface area contributed by atoms with Crippen molar-refractivity contribution in [1.82, 2.24) is 10.2 Å². The molecule has 1 atom stereocenters. The van der Waals surface area contributed by atoms with E-state index in [-0.39, 0.29) is 18.0 Å². The SMILES string of the molecule is O=C(Nc1ccccc1)[C@@H]1CCCN1C(=O)NC(C1CC1)C1CC1. The molecule has 4 rings (SSSR count). The number of hydrogen-bond acceptors (Lipinski definition) is 2. The molecule has 0 spiro atoms. The lowest BCUT2D eigenvalue weighted by Crippen LogP contribution is -2.51. The minimum atomic E-state index is -0.357. The molecule has 5 nitrogen and oxygen atoms in total. The summed E-state index contributed by atoms with van der Waals surface area (Å²) in [5.74, 6) is 1.25. The number of anilines is 1. The molecule has 3 aliphatic rings. The van der Waals surface area contributed by atoms with Crippen molar-refractivity contribution < 1.29 is 9.59 Å². The number of hydrogen-bond donors (Lipinski definition) is 2. The highest BCUT2D eigenvalue weighted by molar-refractivity contribution is 5.97. The number of nitrogens with zero attached hydrogens (tertiary/aromatic N) is 1. The number of para-hydroxylation sites is 1. The molecule has 3 amide bonds. The van der Waals surface area contributed by atoms with Gasteiger partial charge in [0.2, 0.25) is 5.91 Å². The number of likely N-dealkylation sites (tertiary alicyclic amines) is 1. The van der Waals surface area contributed by atoms with E-state index < -0.39 is 0 Å². The van der Waals surface area contributed by atoms with E-state index in [4.69, 9.17) is 0 Å². The highest BCUT2D eigenvalue weighted by Gasteiger charge is 2.44. The molecule has 1 aliphatic heterocycles. The number of nitrogens with one attached hydrogen (secondary N) is 2. The van der Waals surface area contributed by atoms with Crippen molar-refractivity contribution in [2.45, 2.75) is 50.6 Å². The van der Waals surface area contributed by atoms with Gasteiger partial charge in [0.05, 0.1) is 0 Å². The van der Waals surface area contributed by atoms with Crippen molar-refractivity contribution in [3.05, 3.63) is 30.3 Å². The molecule has 2 aliphatic carbocycles. The van der Waals surface area contributed by atoms with Gasteiger partial charge in [0, 0.05) is 18.3 Å². The van der Waals surface area contributed by atoms with Crippen molar-refractivity contribution in [1.29, 1.82) is 0 Å². The number of benzene rings is 1. The summed E-state index contributed by atoms with van der Waals surface area (Å²) in [6, 6.07) is 9.36.